The summed E-state index contributed by atoms with van der Waals surface area (Å²) >= 11 is 0. The number of rotatable bonds is 5. The molecule has 1 atom stereocenters. The van der Waals surface area contributed by atoms with Crippen molar-refractivity contribution in [3.63, 3.8) is 0 Å². The van der Waals surface area contributed by atoms with Gasteiger partial charge in [0.1, 0.15) is 6.04 Å². The molecule has 1 aromatic heterocycles. The van der Waals surface area contributed by atoms with Crippen LogP contribution in [0.3, 0.4) is 0 Å². The predicted octanol–water partition coefficient (Wildman–Crippen LogP) is 4.34. The van der Waals surface area contributed by atoms with E-state index in [1.807, 2.05) is 37.3 Å². The molecule has 0 spiro atoms. The van der Waals surface area contributed by atoms with E-state index in [0.717, 1.165) is 22.2 Å². The number of halogens is 3. The molecule has 204 valence electrons. The van der Waals surface area contributed by atoms with Gasteiger partial charge in [-0.15, -0.1) is 0 Å². The van der Waals surface area contributed by atoms with Crippen LogP contribution in [0, 0.1) is 12.8 Å². The third-order valence-corrected chi connectivity index (χ3v) is 9.14. The number of fused-ring (bicyclic) bond motifs is 1. The summed E-state index contributed by atoms with van der Waals surface area (Å²) in [7, 11) is -3.80. The molecule has 2 aliphatic rings. The van der Waals surface area contributed by atoms with Gasteiger partial charge >= 0.3 is 6.18 Å². The molecule has 11 heteroatoms. The number of sulfonamides is 1. The Kier molecular flexibility index (Phi) is 7.27. The minimum absolute atomic E-state index is 0.0999. The number of aryl methyl sites for hydroxylation is 1. The van der Waals surface area contributed by atoms with Crippen LogP contribution in [-0.4, -0.2) is 62.1 Å². The molecule has 1 saturated carbocycles. The Morgan fingerprint density at radius 3 is 2.50 bits per heavy atom. The summed E-state index contributed by atoms with van der Waals surface area (Å²) in [4.78, 5) is 17.6. The van der Waals surface area contributed by atoms with E-state index in [1.165, 1.54) is 4.90 Å². The van der Waals surface area contributed by atoms with Crippen molar-refractivity contribution < 1.29 is 26.4 Å². The summed E-state index contributed by atoms with van der Waals surface area (Å²) in [5.41, 5.74) is 3.79. The molecule has 2 aromatic carbocycles. The number of carbonyl (C=O) groups excluding carboxylic acids is 1. The predicted molar refractivity (Wildman–Crippen MR) is 139 cm³/mol. The molecule has 38 heavy (non-hydrogen) atoms. The highest BCUT2D eigenvalue weighted by Gasteiger charge is 2.43. The molecule has 7 nitrogen and oxygen atoms in total. The van der Waals surface area contributed by atoms with Gasteiger partial charge in [-0.2, -0.15) is 13.2 Å². The lowest BCUT2D eigenvalue weighted by Gasteiger charge is -2.38. The average molecular weight is 549 g/mol. The zero-order valence-electron chi connectivity index (χ0n) is 21.0. The standard InChI is InChI=1S/C27H31F3N4O3S/c1-17-4-2-3-5-22(17)24-14-19-8-11-21(15-23(19)32-24)38(36,37)33-20-9-6-18(7-10-20)26(35)34-13-12-31-25(16-34)27(28,29)30/h2-5,8,11,14-15,18,20,25,31-33H,6-7,9-10,12-13,16H2,1H3/t18-,20-,25?. The van der Waals surface area contributed by atoms with Crippen molar-refractivity contribution in [2.75, 3.05) is 19.6 Å². The quantitative estimate of drug-likeness (QED) is 0.442. The maximum Gasteiger partial charge on any atom is 0.405 e. The van der Waals surface area contributed by atoms with Gasteiger partial charge in [0.2, 0.25) is 15.9 Å². The number of piperazine rings is 1. The lowest BCUT2D eigenvalue weighted by atomic mass is 9.85. The van der Waals surface area contributed by atoms with E-state index in [9.17, 15) is 26.4 Å². The molecule has 0 radical (unpaired) electrons. The molecule has 1 amide bonds. The second kappa shape index (κ2) is 10.3. The normalized spacial score (nSPS) is 23.1. The zero-order chi connectivity index (χ0) is 27.1. The van der Waals surface area contributed by atoms with Gasteiger partial charge in [0, 0.05) is 53.8 Å². The highest BCUT2D eigenvalue weighted by Crippen LogP contribution is 2.31. The number of nitrogens with zero attached hydrogens (tertiary/aromatic N) is 1. The highest BCUT2D eigenvalue weighted by molar-refractivity contribution is 7.89. The lowest BCUT2D eigenvalue weighted by Crippen LogP contribution is -2.59. The van der Waals surface area contributed by atoms with Gasteiger partial charge in [0.05, 0.1) is 4.90 Å². The smallest absolute Gasteiger partial charge is 0.354 e. The van der Waals surface area contributed by atoms with Crippen molar-refractivity contribution in [2.45, 2.75) is 55.8 Å². The fraction of sp³-hybridized carbons (Fsp3) is 0.444. The molecular weight excluding hydrogens is 517 g/mol. The summed E-state index contributed by atoms with van der Waals surface area (Å²) < 4.78 is 68.3. The number of carbonyl (C=O) groups is 1. The van der Waals surface area contributed by atoms with Crippen LogP contribution in [0.2, 0.25) is 0 Å². The van der Waals surface area contributed by atoms with Gasteiger partial charge in [-0.05, 0) is 56.4 Å². The first-order valence-corrected chi connectivity index (χ1v) is 14.3. The molecule has 5 rings (SSSR count). The topological polar surface area (TPSA) is 94.3 Å². The van der Waals surface area contributed by atoms with Gasteiger partial charge in [0.25, 0.3) is 0 Å². The Hall–Kier alpha value is -2.89. The summed E-state index contributed by atoms with van der Waals surface area (Å²) in [5.74, 6) is -0.665. The summed E-state index contributed by atoms with van der Waals surface area (Å²) in [6.07, 6.45) is -2.64. The minimum atomic E-state index is -4.40. The molecule has 3 N–H and O–H groups in total. The van der Waals surface area contributed by atoms with Crippen molar-refractivity contribution >= 4 is 26.8 Å². The Balaban J connectivity index is 1.21. The SMILES string of the molecule is Cc1ccccc1-c1cc2ccc(S(=O)(=O)N[C@H]3CC[C@H](C(=O)N4CCNC(C(F)(F)F)C4)CC3)cc2[nH]1. The Labute approximate surface area is 219 Å². The van der Waals surface area contributed by atoms with E-state index < -0.39 is 28.2 Å². The van der Waals surface area contributed by atoms with Crippen LogP contribution in [0.5, 0.6) is 0 Å². The van der Waals surface area contributed by atoms with Crippen molar-refractivity contribution in [3.8, 4) is 11.3 Å². The van der Waals surface area contributed by atoms with Crippen LogP contribution in [0.15, 0.2) is 53.4 Å². The second-order valence-electron chi connectivity index (χ2n) is 10.2. The van der Waals surface area contributed by atoms with E-state index in [0.29, 0.717) is 31.2 Å². The maximum atomic E-state index is 13.2. The fourth-order valence-corrected chi connectivity index (χ4v) is 6.80. The molecule has 2 heterocycles. The Morgan fingerprint density at radius 1 is 1.05 bits per heavy atom. The number of benzene rings is 2. The fourth-order valence-electron chi connectivity index (χ4n) is 5.47. The largest absolute Gasteiger partial charge is 0.405 e. The summed E-state index contributed by atoms with van der Waals surface area (Å²) in [5, 5.41) is 3.32. The van der Waals surface area contributed by atoms with E-state index in [1.54, 1.807) is 18.2 Å². The van der Waals surface area contributed by atoms with E-state index in [4.69, 9.17) is 0 Å². The molecule has 3 aromatic rings. The Bertz CT molecular complexity index is 1430. The number of aromatic amines is 1. The van der Waals surface area contributed by atoms with E-state index in [2.05, 4.69) is 15.0 Å². The van der Waals surface area contributed by atoms with Gasteiger partial charge in [-0.25, -0.2) is 13.1 Å². The number of alkyl halides is 3. The molecular formula is C27H31F3N4O3S. The first-order valence-electron chi connectivity index (χ1n) is 12.8. The Morgan fingerprint density at radius 2 is 1.79 bits per heavy atom. The zero-order valence-corrected chi connectivity index (χ0v) is 21.8. The average Bonchev–Trinajstić information content (AvgIpc) is 3.32. The van der Waals surface area contributed by atoms with Crippen molar-refractivity contribution in [1.82, 2.24) is 19.9 Å². The molecule has 1 aliphatic carbocycles. The van der Waals surface area contributed by atoms with Crippen LogP contribution in [0.4, 0.5) is 13.2 Å². The molecule has 1 aliphatic heterocycles. The third kappa shape index (κ3) is 5.60. The molecule has 1 saturated heterocycles. The van der Waals surface area contributed by atoms with Crippen LogP contribution in [0.25, 0.3) is 22.2 Å². The van der Waals surface area contributed by atoms with Crippen LogP contribution < -0.4 is 10.0 Å². The van der Waals surface area contributed by atoms with Gasteiger partial charge in [-0.1, -0.05) is 30.3 Å². The van der Waals surface area contributed by atoms with Gasteiger partial charge in [0.15, 0.2) is 0 Å². The van der Waals surface area contributed by atoms with Crippen molar-refractivity contribution in [1.29, 1.82) is 0 Å². The van der Waals surface area contributed by atoms with Crippen molar-refractivity contribution in [2.24, 2.45) is 5.92 Å². The number of aromatic nitrogens is 1. The minimum Gasteiger partial charge on any atom is -0.354 e. The molecule has 1 unspecified atom stereocenters. The van der Waals surface area contributed by atoms with Gasteiger partial charge in [-0.3, -0.25) is 4.79 Å². The maximum absolute atomic E-state index is 13.2. The summed E-state index contributed by atoms with van der Waals surface area (Å²) in [6.45, 7) is 1.97. The van der Waals surface area contributed by atoms with Crippen LogP contribution in [-0.2, 0) is 14.8 Å². The number of H-pyrrole nitrogens is 1. The first-order chi connectivity index (χ1) is 18.0. The lowest BCUT2D eigenvalue weighted by molar-refractivity contribution is -0.169. The van der Waals surface area contributed by atoms with Gasteiger partial charge < -0.3 is 15.2 Å². The van der Waals surface area contributed by atoms with E-state index in [-0.39, 0.29) is 36.5 Å². The highest BCUT2D eigenvalue weighted by atomic mass is 32.2. The monoisotopic (exact) mass is 548 g/mol. The third-order valence-electron chi connectivity index (χ3n) is 7.62. The molecule has 2 fully saturated rings. The van der Waals surface area contributed by atoms with Crippen molar-refractivity contribution in [3.05, 3.63) is 54.1 Å². The number of amides is 1. The van der Waals surface area contributed by atoms with Crippen LogP contribution in [0.1, 0.15) is 31.2 Å². The number of nitrogens with one attached hydrogen (secondary N) is 3. The first kappa shape index (κ1) is 26.7. The number of hydrogen-bond donors (Lipinski definition) is 3. The second-order valence-corrected chi connectivity index (χ2v) is 12.0. The van der Waals surface area contributed by atoms with Crippen LogP contribution >= 0.6 is 0 Å². The number of hydrogen-bond acceptors (Lipinski definition) is 4. The van der Waals surface area contributed by atoms with E-state index >= 15 is 0 Å². The summed E-state index contributed by atoms with van der Waals surface area (Å²) in [6, 6.07) is 12.9. The molecule has 0 bridgehead atoms.